The first-order valence-corrected chi connectivity index (χ1v) is 7.86. The van der Waals surface area contributed by atoms with Crippen LogP contribution in [0.2, 0.25) is 0 Å². The lowest BCUT2D eigenvalue weighted by Crippen LogP contribution is -2.24. The number of halogens is 1. The molecule has 20 heavy (non-hydrogen) atoms. The maximum atomic E-state index is 5.78. The molecule has 2 rings (SSSR count). The van der Waals surface area contributed by atoms with Gasteiger partial charge in [0.05, 0.1) is 0 Å². The highest BCUT2D eigenvalue weighted by molar-refractivity contribution is 9.10. The third kappa shape index (κ3) is 3.33. The Hall–Kier alpha value is -1.06. The van der Waals surface area contributed by atoms with Gasteiger partial charge in [-0.15, -0.1) is 0 Å². The maximum Gasteiger partial charge on any atom is 0.106 e. The average Bonchev–Trinajstić information content (AvgIpc) is 2.63. The molecule has 0 radical (unpaired) electrons. The Bertz CT molecular complexity index is 589. The zero-order valence-corrected chi connectivity index (χ0v) is 14.2. The fourth-order valence-corrected chi connectivity index (χ4v) is 3.19. The highest BCUT2D eigenvalue weighted by Gasteiger charge is 2.20. The molecule has 0 bridgehead atoms. The van der Waals surface area contributed by atoms with Crippen LogP contribution in [-0.4, -0.2) is 6.54 Å². The predicted molar refractivity (Wildman–Crippen MR) is 87.2 cm³/mol. The summed E-state index contributed by atoms with van der Waals surface area (Å²) in [4.78, 5) is 0. The van der Waals surface area contributed by atoms with E-state index in [1.165, 1.54) is 16.7 Å². The summed E-state index contributed by atoms with van der Waals surface area (Å²) in [5.41, 5.74) is 3.90. The fraction of sp³-hybridized carbons (Fsp3) is 0.412. The molecule has 108 valence electrons. The predicted octanol–water partition coefficient (Wildman–Crippen LogP) is 4.86. The summed E-state index contributed by atoms with van der Waals surface area (Å²) in [5.74, 6) is 2.05. The highest BCUT2D eigenvalue weighted by Crippen LogP contribution is 2.29. The molecule has 1 N–H and O–H groups in total. The molecule has 1 unspecified atom stereocenters. The van der Waals surface area contributed by atoms with E-state index < -0.39 is 0 Å². The topological polar surface area (TPSA) is 25.2 Å². The SMILES string of the molecule is CCNC(Cc1cccc(Br)c1)c1c(C)oc(C)c1C. The number of furan rings is 1. The Balaban J connectivity index is 2.31. The molecule has 0 fully saturated rings. The Morgan fingerprint density at radius 1 is 1.20 bits per heavy atom. The van der Waals surface area contributed by atoms with E-state index >= 15 is 0 Å². The lowest BCUT2D eigenvalue weighted by molar-refractivity contribution is 0.484. The number of hydrogen-bond donors (Lipinski definition) is 1. The summed E-state index contributed by atoms with van der Waals surface area (Å²) < 4.78 is 6.91. The molecule has 0 amide bonds. The summed E-state index contributed by atoms with van der Waals surface area (Å²) in [6.45, 7) is 9.33. The minimum absolute atomic E-state index is 0.298. The summed E-state index contributed by atoms with van der Waals surface area (Å²) in [6.07, 6.45) is 0.966. The molecule has 2 nitrogen and oxygen atoms in total. The number of nitrogens with one attached hydrogen (secondary N) is 1. The molecular formula is C17H22BrNO. The van der Waals surface area contributed by atoms with Gasteiger partial charge in [-0.2, -0.15) is 0 Å². The van der Waals surface area contributed by atoms with Crippen molar-refractivity contribution < 1.29 is 4.42 Å². The highest BCUT2D eigenvalue weighted by atomic mass is 79.9. The normalized spacial score (nSPS) is 12.7. The Morgan fingerprint density at radius 2 is 1.95 bits per heavy atom. The number of benzene rings is 1. The Labute approximate surface area is 129 Å². The van der Waals surface area contributed by atoms with Crippen molar-refractivity contribution in [2.24, 2.45) is 0 Å². The Kier molecular flexibility index (Phi) is 5.06. The van der Waals surface area contributed by atoms with E-state index in [9.17, 15) is 0 Å². The maximum absolute atomic E-state index is 5.78. The minimum atomic E-state index is 0.298. The van der Waals surface area contributed by atoms with Crippen molar-refractivity contribution in [1.82, 2.24) is 5.32 Å². The summed E-state index contributed by atoms with van der Waals surface area (Å²) in [7, 11) is 0. The van der Waals surface area contributed by atoms with Gasteiger partial charge in [-0.1, -0.05) is 35.0 Å². The number of rotatable bonds is 5. The lowest BCUT2D eigenvalue weighted by atomic mass is 9.96. The van der Waals surface area contributed by atoms with E-state index in [4.69, 9.17) is 4.42 Å². The van der Waals surface area contributed by atoms with E-state index in [0.717, 1.165) is 29.0 Å². The smallest absolute Gasteiger partial charge is 0.106 e. The van der Waals surface area contributed by atoms with Crippen LogP contribution in [0.4, 0.5) is 0 Å². The summed E-state index contributed by atoms with van der Waals surface area (Å²) in [5, 5.41) is 3.59. The van der Waals surface area contributed by atoms with Gasteiger partial charge in [-0.3, -0.25) is 0 Å². The zero-order valence-electron chi connectivity index (χ0n) is 12.6. The van der Waals surface area contributed by atoms with Gasteiger partial charge >= 0.3 is 0 Å². The van der Waals surface area contributed by atoms with Gasteiger partial charge in [0, 0.05) is 16.1 Å². The molecule has 0 saturated carbocycles. The second-order valence-electron chi connectivity index (χ2n) is 5.20. The van der Waals surface area contributed by atoms with Crippen molar-refractivity contribution in [1.29, 1.82) is 0 Å². The first-order chi connectivity index (χ1) is 9.52. The van der Waals surface area contributed by atoms with Gasteiger partial charge in [0.25, 0.3) is 0 Å². The van der Waals surface area contributed by atoms with E-state index in [-0.39, 0.29) is 0 Å². The summed E-state index contributed by atoms with van der Waals surface area (Å²) in [6, 6.07) is 8.80. The second-order valence-corrected chi connectivity index (χ2v) is 6.11. The van der Waals surface area contributed by atoms with Crippen LogP contribution in [0.25, 0.3) is 0 Å². The van der Waals surface area contributed by atoms with Crippen LogP contribution in [0, 0.1) is 20.8 Å². The summed E-state index contributed by atoms with van der Waals surface area (Å²) >= 11 is 3.54. The molecule has 0 aliphatic rings. The van der Waals surface area contributed by atoms with Crippen molar-refractivity contribution in [3.63, 3.8) is 0 Å². The van der Waals surface area contributed by atoms with Crippen molar-refractivity contribution in [3.05, 3.63) is 56.9 Å². The van der Waals surface area contributed by atoms with Gasteiger partial charge in [0.2, 0.25) is 0 Å². The van der Waals surface area contributed by atoms with Crippen LogP contribution >= 0.6 is 15.9 Å². The van der Waals surface area contributed by atoms with Crippen molar-refractivity contribution in [2.75, 3.05) is 6.54 Å². The van der Waals surface area contributed by atoms with Crippen LogP contribution in [0.1, 0.15) is 41.2 Å². The van der Waals surface area contributed by atoms with E-state index in [1.54, 1.807) is 0 Å². The number of hydrogen-bond acceptors (Lipinski definition) is 2. The van der Waals surface area contributed by atoms with Crippen LogP contribution in [0.15, 0.2) is 33.2 Å². The van der Waals surface area contributed by atoms with Crippen molar-refractivity contribution in [2.45, 2.75) is 40.2 Å². The molecule has 1 aromatic carbocycles. The molecular weight excluding hydrogens is 314 g/mol. The van der Waals surface area contributed by atoms with Crippen LogP contribution in [0.3, 0.4) is 0 Å². The molecule has 0 spiro atoms. The van der Waals surface area contributed by atoms with Gasteiger partial charge in [-0.25, -0.2) is 0 Å². The quantitative estimate of drug-likeness (QED) is 0.843. The van der Waals surface area contributed by atoms with E-state index in [1.807, 2.05) is 6.92 Å². The first-order valence-electron chi connectivity index (χ1n) is 7.07. The zero-order chi connectivity index (χ0) is 14.7. The van der Waals surface area contributed by atoms with Crippen molar-refractivity contribution >= 4 is 15.9 Å². The molecule has 3 heteroatoms. The van der Waals surface area contributed by atoms with E-state index in [2.05, 4.69) is 66.3 Å². The van der Waals surface area contributed by atoms with Crippen LogP contribution in [-0.2, 0) is 6.42 Å². The minimum Gasteiger partial charge on any atom is -0.466 e. The van der Waals surface area contributed by atoms with Gasteiger partial charge in [0.15, 0.2) is 0 Å². The van der Waals surface area contributed by atoms with Gasteiger partial charge in [-0.05, 0) is 57.0 Å². The largest absolute Gasteiger partial charge is 0.466 e. The molecule has 1 aromatic heterocycles. The van der Waals surface area contributed by atoms with Crippen LogP contribution < -0.4 is 5.32 Å². The molecule has 1 atom stereocenters. The van der Waals surface area contributed by atoms with E-state index in [0.29, 0.717) is 6.04 Å². The van der Waals surface area contributed by atoms with Gasteiger partial charge in [0.1, 0.15) is 11.5 Å². The first kappa shape index (κ1) is 15.3. The standard InChI is InChI=1S/C17H22BrNO/c1-5-19-16(10-14-7-6-8-15(18)9-14)17-11(2)12(3)20-13(17)4/h6-9,16,19H,5,10H2,1-4H3. The molecule has 0 aliphatic heterocycles. The molecule has 0 aliphatic carbocycles. The van der Waals surface area contributed by atoms with Crippen molar-refractivity contribution in [3.8, 4) is 0 Å². The number of aryl methyl sites for hydroxylation is 2. The number of likely N-dealkylation sites (N-methyl/N-ethyl adjacent to an activating group) is 1. The Morgan fingerprint density at radius 3 is 2.50 bits per heavy atom. The molecule has 1 heterocycles. The lowest BCUT2D eigenvalue weighted by Gasteiger charge is -2.19. The second kappa shape index (κ2) is 6.59. The van der Waals surface area contributed by atoms with Crippen LogP contribution in [0.5, 0.6) is 0 Å². The fourth-order valence-electron chi connectivity index (χ4n) is 2.74. The molecule has 2 aromatic rings. The third-order valence-electron chi connectivity index (χ3n) is 3.75. The third-order valence-corrected chi connectivity index (χ3v) is 4.24. The molecule has 0 saturated heterocycles. The van der Waals surface area contributed by atoms with Gasteiger partial charge < -0.3 is 9.73 Å². The monoisotopic (exact) mass is 335 g/mol. The average molecular weight is 336 g/mol.